The molecule has 1 aliphatic heterocycles. The van der Waals surface area contributed by atoms with E-state index >= 15 is 0 Å². The van der Waals surface area contributed by atoms with E-state index in [2.05, 4.69) is 22.9 Å². The average Bonchev–Trinajstić information content (AvgIpc) is 2.49. The molecule has 0 saturated carbocycles. The number of benzene rings is 1. The van der Waals surface area contributed by atoms with Crippen molar-refractivity contribution in [2.75, 3.05) is 47.4 Å². The predicted octanol–water partition coefficient (Wildman–Crippen LogP) is 1.52. The Hall–Kier alpha value is -1.77. The van der Waals surface area contributed by atoms with E-state index in [-0.39, 0.29) is 6.04 Å². The summed E-state index contributed by atoms with van der Waals surface area (Å²) in [4.78, 5) is 4.49. The number of likely N-dealkylation sites (N-methyl/N-ethyl adjacent to an activating group) is 1. The van der Waals surface area contributed by atoms with E-state index in [0.29, 0.717) is 11.5 Å². The number of hydrogen-bond acceptors (Lipinski definition) is 5. The van der Waals surface area contributed by atoms with Gasteiger partial charge in [-0.2, -0.15) is 5.26 Å². The van der Waals surface area contributed by atoms with Gasteiger partial charge in [-0.15, -0.1) is 0 Å². The minimum Gasteiger partial charge on any atom is -0.493 e. The lowest BCUT2D eigenvalue weighted by Gasteiger charge is -2.35. The SMILES string of the molecule is COc1ccc(C(C#N)N2CCN(C)CC2)cc1OC. The fourth-order valence-electron chi connectivity index (χ4n) is 2.47. The number of piperazine rings is 1. The van der Waals surface area contributed by atoms with E-state index in [0.717, 1.165) is 31.7 Å². The summed E-state index contributed by atoms with van der Waals surface area (Å²) < 4.78 is 10.6. The van der Waals surface area contributed by atoms with Gasteiger partial charge in [0, 0.05) is 26.2 Å². The second kappa shape index (κ2) is 6.60. The molecule has 5 nitrogen and oxygen atoms in total. The van der Waals surface area contributed by atoms with Crippen LogP contribution >= 0.6 is 0 Å². The Morgan fingerprint density at radius 1 is 1.10 bits per heavy atom. The number of nitrogens with zero attached hydrogens (tertiary/aromatic N) is 3. The van der Waals surface area contributed by atoms with Crippen LogP contribution in [0.4, 0.5) is 0 Å². The Morgan fingerprint density at radius 3 is 2.30 bits per heavy atom. The molecular weight excluding hydrogens is 254 g/mol. The van der Waals surface area contributed by atoms with Crippen LogP contribution in [0.5, 0.6) is 11.5 Å². The van der Waals surface area contributed by atoms with Crippen LogP contribution in [0.2, 0.25) is 0 Å². The van der Waals surface area contributed by atoms with Gasteiger partial charge in [-0.05, 0) is 24.7 Å². The molecule has 1 atom stereocenters. The van der Waals surface area contributed by atoms with Crippen LogP contribution in [0.3, 0.4) is 0 Å². The van der Waals surface area contributed by atoms with Crippen molar-refractivity contribution in [3.8, 4) is 17.6 Å². The number of ether oxygens (including phenoxy) is 2. The van der Waals surface area contributed by atoms with E-state index in [1.165, 1.54) is 0 Å². The lowest BCUT2D eigenvalue weighted by Crippen LogP contribution is -2.45. The first-order valence-electron chi connectivity index (χ1n) is 6.73. The summed E-state index contributed by atoms with van der Waals surface area (Å²) in [6.07, 6.45) is 0. The van der Waals surface area contributed by atoms with Gasteiger partial charge in [0.15, 0.2) is 11.5 Å². The van der Waals surface area contributed by atoms with Gasteiger partial charge in [0.25, 0.3) is 0 Å². The summed E-state index contributed by atoms with van der Waals surface area (Å²) in [5, 5.41) is 9.51. The quantitative estimate of drug-likeness (QED) is 0.833. The molecule has 0 amide bonds. The average molecular weight is 275 g/mol. The third-order valence-electron chi connectivity index (χ3n) is 3.75. The van der Waals surface area contributed by atoms with Crippen molar-refractivity contribution in [1.82, 2.24) is 9.80 Å². The largest absolute Gasteiger partial charge is 0.493 e. The lowest BCUT2D eigenvalue weighted by molar-refractivity contribution is 0.132. The minimum atomic E-state index is -0.233. The van der Waals surface area contributed by atoms with Crippen LogP contribution in [0.1, 0.15) is 11.6 Å². The van der Waals surface area contributed by atoms with E-state index in [1.54, 1.807) is 14.2 Å². The zero-order valence-electron chi connectivity index (χ0n) is 12.3. The van der Waals surface area contributed by atoms with Gasteiger partial charge in [-0.25, -0.2) is 0 Å². The molecule has 1 unspecified atom stereocenters. The molecular formula is C15H21N3O2. The Labute approximate surface area is 120 Å². The third kappa shape index (κ3) is 3.03. The molecule has 0 radical (unpaired) electrons. The van der Waals surface area contributed by atoms with Gasteiger partial charge in [0.2, 0.25) is 0 Å². The summed E-state index contributed by atoms with van der Waals surface area (Å²) in [5.41, 5.74) is 0.953. The first-order valence-corrected chi connectivity index (χ1v) is 6.73. The zero-order chi connectivity index (χ0) is 14.5. The molecule has 2 rings (SSSR count). The summed E-state index contributed by atoms with van der Waals surface area (Å²) >= 11 is 0. The fraction of sp³-hybridized carbons (Fsp3) is 0.533. The maximum absolute atomic E-state index is 9.51. The van der Waals surface area contributed by atoms with Crippen molar-refractivity contribution < 1.29 is 9.47 Å². The summed E-state index contributed by atoms with van der Waals surface area (Å²) in [5.74, 6) is 1.35. The Bertz CT molecular complexity index is 490. The van der Waals surface area contributed by atoms with Gasteiger partial charge in [0.1, 0.15) is 6.04 Å². The molecule has 1 aliphatic rings. The summed E-state index contributed by atoms with van der Waals surface area (Å²) in [6.45, 7) is 3.79. The first kappa shape index (κ1) is 14.6. The summed E-state index contributed by atoms with van der Waals surface area (Å²) in [7, 11) is 5.33. The number of nitriles is 1. The Kier molecular flexibility index (Phi) is 4.83. The summed E-state index contributed by atoms with van der Waals surface area (Å²) in [6, 6.07) is 7.86. The molecule has 0 spiro atoms. The van der Waals surface area contributed by atoms with Gasteiger partial charge in [-0.3, -0.25) is 4.90 Å². The van der Waals surface area contributed by atoms with Crippen LogP contribution in [0.15, 0.2) is 18.2 Å². The number of methoxy groups -OCH3 is 2. The van der Waals surface area contributed by atoms with Gasteiger partial charge in [-0.1, -0.05) is 6.07 Å². The highest BCUT2D eigenvalue weighted by Gasteiger charge is 2.24. The highest BCUT2D eigenvalue weighted by molar-refractivity contribution is 5.44. The fourth-order valence-corrected chi connectivity index (χ4v) is 2.47. The van der Waals surface area contributed by atoms with E-state index in [4.69, 9.17) is 9.47 Å². The molecule has 0 bridgehead atoms. The second-order valence-corrected chi connectivity index (χ2v) is 4.99. The normalized spacial score (nSPS) is 18.3. The highest BCUT2D eigenvalue weighted by Crippen LogP contribution is 2.31. The molecule has 0 aliphatic carbocycles. The Balaban J connectivity index is 2.21. The van der Waals surface area contributed by atoms with Crippen molar-refractivity contribution in [2.24, 2.45) is 0 Å². The third-order valence-corrected chi connectivity index (χ3v) is 3.75. The standard InChI is InChI=1S/C15H21N3O2/c1-17-6-8-18(9-7-17)13(11-16)12-4-5-14(19-2)15(10-12)20-3/h4-5,10,13H,6-9H2,1-3H3. The molecule has 0 N–H and O–H groups in total. The highest BCUT2D eigenvalue weighted by atomic mass is 16.5. The number of rotatable bonds is 4. The van der Waals surface area contributed by atoms with Gasteiger partial charge >= 0.3 is 0 Å². The topological polar surface area (TPSA) is 48.7 Å². The maximum atomic E-state index is 9.51. The van der Waals surface area contributed by atoms with Crippen molar-refractivity contribution >= 4 is 0 Å². The van der Waals surface area contributed by atoms with Crippen LogP contribution in [0, 0.1) is 11.3 Å². The zero-order valence-corrected chi connectivity index (χ0v) is 12.3. The number of hydrogen-bond donors (Lipinski definition) is 0. The minimum absolute atomic E-state index is 0.233. The van der Waals surface area contributed by atoms with Crippen LogP contribution in [-0.4, -0.2) is 57.2 Å². The molecule has 1 saturated heterocycles. The lowest BCUT2D eigenvalue weighted by atomic mass is 10.0. The molecule has 1 fully saturated rings. The van der Waals surface area contributed by atoms with Gasteiger partial charge in [0.05, 0.1) is 20.3 Å². The van der Waals surface area contributed by atoms with Crippen LogP contribution < -0.4 is 9.47 Å². The van der Waals surface area contributed by atoms with Gasteiger partial charge < -0.3 is 14.4 Å². The molecule has 20 heavy (non-hydrogen) atoms. The monoisotopic (exact) mass is 275 g/mol. The molecule has 5 heteroatoms. The van der Waals surface area contributed by atoms with E-state index < -0.39 is 0 Å². The van der Waals surface area contributed by atoms with Crippen LogP contribution in [-0.2, 0) is 0 Å². The van der Waals surface area contributed by atoms with E-state index in [9.17, 15) is 5.26 Å². The molecule has 1 aromatic carbocycles. The van der Waals surface area contributed by atoms with Crippen molar-refractivity contribution in [3.63, 3.8) is 0 Å². The van der Waals surface area contributed by atoms with E-state index in [1.807, 2.05) is 18.2 Å². The molecule has 1 heterocycles. The van der Waals surface area contributed by atoms with Crippen molar-refractivity contribution in [2.45, 2.75) is 6.04 Å². The smallest absolute Gasteiger partial charge is 0.161 e. The first-order chi connectivity index (χ1) is 9.69. The maximum Gasteiger partial charge on any atom is 0.161 e. The van der Waals surface area contributed by atoms with Crippen molar-refractivity contribution in [1.29, 1.82) is 5.26 Å². The van der Waals surface area contributed by atoms with Crippen LogP contribution in [0.25, 0.3) is 0 Å². The Morgan fingerprint density at radius 2 is 1.75 bits per heavy atom. The molecule has 108 valence electrons. The predicted molar refractivity (Wildman–Crippen MR) is 77.0 cm³/mol. The molecule has 1 aromatic rings. The van der Waals surface area contributed by atoms with Crippen molar-refractivity contribution in [3.05, 3.63) is 23.8 Å². The molecule has 0 aromatic heterocycles. The second-order valence-electron chi connectivity index (χ2n) is 4.99.